The van der Waals surface area contributed by atoms with Crippen molar-refractivity contribution in [3.05, 3.63) is 41.5 Å². The first-order valence-electron chi connectivity index (χ1n) is 9.69. The number of nitrogens with zero attached hydrogens (tertiary/aromatic N) is 5. The molecule has 1 atom stereocenters. The molecule has 0 bridgehead atoms. The van der Waals surface area contributed by atoms with Crippen molar-refractivity contribution in [1.82, 2.24) is 24.6 Å². The molecule has 2 aliphatic rings. The van der Waals surface area contributed by atoms with Crippen LogP contribution in [0.3, 0.4) is 0 Å². The lowest BCUT2D eigenvalue weighted by molar-refractivity contribution is -0.136. The highest BCUT2D eigenvalue weighted by Crippen LogP contribution is 2.36. The van der Waals surface area contributed by atoms with Gasteiger partial charge in [0.2, 0.25) is 0 Å². The van der Waals surface area contributed by atoms with Crippen molar-refractivity contribution in [1.29, 1.82) is 0 Å². The fourth-order valence-electron chi connectivity index (χ4n) is 4.00. The summed E-state index contributed by atoms with van der Waals surface area (Å²) in [6.07, 6.45) is -2.28. The Morgan fingerprint density at radius 2 is 1.93 bits per heavy atom. The number of anilines is 1. The molecule has 2 aromatic rings. The summed E-state index contributed by atoms with van der Waals surface area (Å²) in [5.41, 5.74) is -1.10. The van der Waals surface area contributed by atoms with Gasteiger partial charge in [-0.1, -0.05) is 12.1 Å². The second-order valence-electron chi connectivity index (χ2n) is 7.50. The number of amides is 2. The van der Waals surface area contributed by atoms with E-state index in [-0.39, 0.29) is 11.7 Å². The molecule has 1 unspecified atom stereocenters. The van der Waals surface area contributed by atoms with E-state index >= 15 is 0 Å². The fraction of sp³-hybridized carbons (Fsp3) is 0.526. The van der Waals surface area contributed by atoms with Crippen molar-refractivity contribution in [3.8, 4) is 0 Å². The summed E-state index contributed by atoms with van der Waals surface area (Å²) in [5, 5.41) is 11.1. The topological polar surface area (TPSA) is 66.3 Å². The Hall–Kier alpha value is -2.62. The molecular weight excluding hydrogens is 385 g/mol. The monoisotopic (exact) mass is 408 g/mol. The van der Waals surface area contributed by atoms with Crippen LogP contribution in [-0.2, 0) is 19.1 Å². The number of benzene rings is 1. The average molecular weight is 408 g/mol. The Bertz CT molecular complexity index is 896. The number of rotatable bonds is 2. The third-order valence-electron chi connectivity index (χ3n) is 5.56. The van der Waals surface area contributed by atoms with Gasteiger partial charge in [-0.3, -0.25) is 0 Å². The Labute approximate surface area is 166 Å². The number of alkyl halides is 3. The zero-order valence-corrected chi connectivity index (χ0v) is 16.1. The average Bonchev–Trinajstić information content (AvgIpc) is 3.26. The molecule has 3 heterocycles. The lowest BCUT2D eigenvalue weighted by atomic mass is 10.1. The molecule has 0 radical (unpaired) electrons. The van der Waals surface area contributed by atoms with Gasteiger partial charge in [0.1, 0.15) is 5.82 Å². The molecule has 1 aromatic carbocycles. The Balaban J connectivity index is 1.56. The number of carbonyl (C=O) groups is 1. The maximum Gasteiger partial charge on any atom is 0.418 e. The third kappa shape index (κ3) is 3.93. The number of fused-ring (bicyclic) bond motifs is 1. The second-order valence-corrected chi connectivity index (χ2v) is 7.50. The molecule has 0 saturated carbocycles. The first kappa shape index (κ1) is 19.7. The number of hydrogen-bond donors (Lipinski definition) is 1. The molecule has 1 aromatic heterocycles. The van der Waals surface area contributed by atoms with Gasteiger partial charge in [-0.15, -0.1) is 10.2 Å². The summed E-state index contributed by atoms with van der Waals surface area (Å²) in [7, 11) is 2.05. The molecule has 1 fully saturated rings. The molecular formula is C19H23F3N6O. The molecule has 2 amide bonds. The third-order valence-corrected chi connectivity index (χ3v) is 5.56. The van der Waals surface area contributed by atoms with Crippen LogP contribution in [0.2, 0.25) is 0 Å². The first-order valence-corrected chi connectivity index (χ1v) is 9.69. The van der Waals surface area contributed by atoms with Crippen LogP contribution in [0, 0.1) is 0 Å². The lowest BCUT2D eigenvalue weighted by Crippen LogP contribution is -2.36. The fourth-order valence-corrected chi connectivity index (χ4v) is 4.00. The number of carbonyl (C=O) groups excluding carboxylic acids is 1. The van der Waals surface area contributed by atoms with E-state index in [0.29, 0.717) is 18.8 Å². The van der Waals surface area contributed by atoms with Crippen LogP contribution >= 0.6 is 0 Å². The molecule has 7 nitrogen and oxygen atoms in total. The van der Waals surface area contributed by atoms with Crippen molar-refractivity contribution >= 4 is 11.7 Å². The van der Waals surface area contributed by atoms with Crippen molar-refractivity contribution in [3.63, 3.8) is 0 Å². The highest BCUT2D eigenvalue weighted by atomic mass is 19.4. The van der Waals surface area contributed by atoms with Crippen molar-refractivity contribution in [2.75, 3.05) is 32.0 Å². The minimum Gasteiger partial charge on any atom is -0.314 e. The number of aromatic nitrogens is 3. The standard InChI is InChI=1S/C19H23F3N6O/c1-26-10-8-16-24-25-17(28(16)12-11-26)15-7-4-9-27(15)18(29)23-14-6-3-2-5-13(14)19(20,21)22/h2-3,5-6,15H,4,7-12H2,1H3,(H,23,29). The van der Waals surface area contributed by atoms with Gasteiger partial charge in [0.25, 0.3) is 0 Å². The maximum atomic E-state index is 13.2. The van der Waals surface area contributed by atoms with Crippen LogP contribution in [0.5, 0.6) is 0 Å². The molecule has 2 aliphatic heterocycles. The number of para-hydroxylation sites is 1. The molecule has 156 valence electrons. The van der Waals surface area contributed by atoms with Crippen LogP contribution < -0.4 is 5.32 Å². The highest BCUT2D eigenvalue weighted by molar-refractivity contribution is 5.90. The summed E-state index contributed by atoms with van der Waals surface area (Å²) in [6, 6.07) is 4.17. The summed E-state index contributed by atoms with van der Waals surface area (Å²) in [5.74, 6) is 1.60. The summed E-state index contributed by atoms with van der Waals surface area (Å²) < 4.78 is 41.8. The van der Waals surface area contributed by atoms with Crippen LogP contribution in [0.25, 0.3) is 0 Å². The maximum absolute atomic E-state index is 13.2. The number of urea groups is 1. The summed E-state index contributed by atoms with van der Waals surface area (Å²) >= 11 is 0. The van der Waals surface area contributed by atoms with Crippen LogP contribution in [0.15, 0.2) is 24.3 Å². The highest BCUT2D eigenvalue weighted by Gasteiger charge is 2.37. The van der Waals surface area contributed by atoms with Crippen molar-refractivity contribution in [2.45, 2.75) is 38.0 Å². The van der Waals surface area contributed by atoms with Crippen molar-refractivity contribution < 1.29 is 18.0 Å². The normalized spacial score (nSPS) is 20.4. The van der Waals surface area contributed by atoms with Gasteiger partial charge in [-0.25, -0.2) is 4.79 Å². The summed E-state index contributed by atoms with van der Waals surface area (Å²) in [4.78, 5) is 16.7. The number of likely N-dealkylation sites (N-methyl/N-ethyl adjacent to an activating group) is 1. The largest absolute Gasteiger partial charge is 0.418 e. The van der Waals surface area contributed by atoms with Crippen molar-refractivity contribution in [2.24, 2.45) is 0 Å². The predicted molar refractivity (Wildman–Crippen MR) is 100 cm³/mol. The van der Waals surface area contributed by atoms with E-state index in [0.717, 1.165) is 44.4 Å². The minimum absolute atomic E-state index is 0.239. The number of hydrogen-bond acceptors (Lipinski definition) is 4. The number of halogens is 3. The Morgan fingerprint density at radius 1 is 1.14 bits per heavy atom. The van der Waals surface area contributed by atoms with Crippen LogP contribution in [-0.4, -0.2) is 57.3 Å². The molecule has 29 heavy (non-hydrogen) atoms. The van der Waals surface area contributed by atoms with Gasteiger partial charge in [0, 0.05) is 32.6 Å². The molecule has 1 saturated heterocycles. The molecule has 0 spiro atoms. The molecule has 0 aliphatic carbocycles. The zero-order chi connectivity index (χ0) is 20.6. The molecule has 4 rings (SSSR count). The van der Waals surface area contributed by atoms with Gasteiger partial charge in [-0.05, 0) is 32.0 Å². The van der Waals surface area contributed by atoms with Crippen LogP contribution in [0.4, 0.5) is 23.7 Å². The second kappa shape index (κ2) is 7.66. The van der Waals surface area contributed by atoms with E-state index in [9.17, 15) is 18.0 Å². The van der Waals surface area contributed by atoms with E-state index in [4.69, 9.17) is 0 Å². The molecule has 10 heteroatoms. The first-order chi connectivity index (χ1) is 13.8. The van der Waals surface area contributed by atoms with E-state index in [2.05, 4.69) is 25.0 Å². The Kier molecular flexibility index (Phi) is 5.20. The van der Waals surface area contributed by atoms with Crippen LogP contribution in [0.1, 0.15) is 36.1 Å². The number of nitrogens with one attached hydrogen (secondary N) is 1. The van der Waals surface area contributed by atoms with Gasteiger partial charge in [-0.2, -0.15) is 13.2 Å². The SMILES string of the molecule is CN1CCc2nnc(C3CCCN3C(=O)Nc3ccccc3C(F)(F)F)n2CC1. The minimum atomic E-state index is -4.54. The Morgan fingerprint density at radius 3 is 2.72 bits per heavy atom. The molecule has 1 N–H and O–H groups in total. The van der Waals surface area contributed by atoms with E-state index < -0.39 is 17.8 Å². The van der Waals surface area contributed by atoms with Gasteiger partial charge < -0.3 is 19.7 Å². The zero-order valence-electron chi connectivity index (χ0n) is 16.1. The van der Waals surface area contributed by atoms with E-state index in [1.165, 1.54) is 18.2 Å². The predicted octanol–water partition coefficient (Wildman–Crippen LogP) is 3.15. The lowest BCUT2D eigenvalue weighted by Gasteiger charge is -2.25. The van der Waals surface area contributed by atoms with Gasteiger partial charge >= 0.3 is 12.2 Å². The van der Waals surface area contributed by atoms with E-state index in [1.807, 2.05) is 7.05 Å². The summed E-state index contributed by atoms with van der Waals surface area (Å²) in [6.45, 7) is 2.95. The van der Waals surface area contributed by atoms with E-state index in [1.54, 1.807) is 4.90 Å². The quantitative estimate of drug-likeness (QED) is 0.829. The smallest absolute Gasteiger partial charge is 0.314 e. The van der Waals surface area contributed by atoms with Gasteiger partial charge in [0.15, 0.2) is 5.82 Å². The number of likely N-dealkylation sites (tertiary alicyclic amines) is 1. The van der Waals surface area contributed by atoms with Gasteiger partial charge in [0.05, 0.1) is 17.3 Å².